The lowest BCUT2D eigenvalue weighted by molar-refractivity contribution is 0.483. The van der Waals surface area contributed by atoms with Crippen LogP contribution in [0.1, 0.15) is 79.0 Å². The maximum absolute atomic E-state index is 6.77. The molecule has 7 aromatic rings. The maximum atomic E-state index is 6.77. The van der Waals surface area contributed by atoms with Crippen LogP contribution in [0.4, 0.5) is 22.7 Å². The number of ether oxygens (including phenoxy) is 1. The minimum Gasteiger partial charge on any atom is -0.457 e. The van der Waals surface area contributed by atoms with Gasteiger partial charge >= 0.3 is 0 Å². The van der Waals surface area contributed by atoms with Gasteiger partial charge in [-0.25, -0.2) is 4.98 Å². The van der Waals surface area contributed by atoms with Crippen molar-refractivity contribution in [3.8, 4) is 17.3 Å². The highest BCUT2D eigenvalue weighted by Crippen LogP contribution is 2.46. The monoisotopic (exact) mass is 770 g/mol. The van der Waals surface area contributed by atoms with Gasteiger partial charge in [-0.15, -0.1) is 0 Å². The van der Waals surface area contributed by atoms with E-state index < -0.39 is 8.07 Å². The van der Waals surface area contributed by atoms with Crippen LogP contribution in [0.2, 0.25) is 19.6 Å². The molecule has 5 aromatic carbocycles. The van der Waals surface area contributed by atoms with E-state index in [9.17, 15) is 0 Å². The van der Waals surface area contributed by atoms with Crippen molar-refractivity contribution in [2.24, 2.45) is 0 Å². The van der Waals surface area contributed by atoms with Gasteiger partial charge in [-0.1, -0.05) is 124 Å². The zero-order chi connectivity index (χ0) is 40.7. The molecule has 1 aliphatic heterocycles. The van der Waals surface area contributed by atoms with Gasteiger partial charge in [0.1, 0.15) is 24.0 Å². The summed E-state index contributed by atoms with van der Waals surface area (Å²) in [6, 6.07) is 42.1. The van der Waals surface area contributed by atoms with Crippen molar-refractivity contribution >= 4 is 57.8 Å². The summed E-state index contributed by atoms with van der Waals surface area (Å²) in [4.78, 5) is 9.91. The lowest BCUT2D eigenvalue weighted by Gasteiger charge is -2.31. The second-order valence-electron chi connectivity index (χ2n) is 20.0. The highest BCUT2D eigenvalue weighted by atomic mass is 28.3. The number of benzene rings is 5. The minimum absolute atomic E-state index is 0.00467. The van der Waals surface area contributed by atoms with Crippen LogP contribution in [-0.4, -0.2) is 24.3 Å². The number of pyridine rings is 1. The Morgan fingerprint density at radius 3 is 1.88 bits per heavy atom. The molecule has 0 radical (unpaired) electrons. The molecule has 2 aromatic heterocycles. The van der Waals surface area contributed by atoms with Gasteiger partial charge in [0, 0.05) is 40.5 Å². The Labute approximate surface area is 341 Å². The molecule has 1 aliphatic rings. The molecule has 0 fully saturated rings. The van der Waals surface area contributed by atoms with Crippen molar-refractivity contribution < 1.29 is 4.74 Å². The first-order valence-electron chi connectivity index (χ1n) is 20.4. The van der Waals surface area contributed by atoms with Crippen LogP contribution in [0.25, 0.3) is 27.6 Å². The zero-order valence-corrected chi connectivity index (χ0v) is 37.0. The number of para-hydroxylation sites is 2. The molecule has 0 spiro atoms. The largest absolute Gasteiger partial charge is 0.457 e. The molecule has 0 bridgehead atoms. The number of aromatic nitrogens is 2. The third-order valence-corrected chi connectivity index (χ3v) is 13.5. The van der Waals surface area contributed by atoms with E-state index in [2.05, 4.69) is 212 Å². The maximum Gasteiger partial charge on any atom is 0.137 e. The molecule has 0 saturated heterocycles. The summed E-state index contributed by atoms with van der Waals surface area (Å²) in [5, 5.41) is 3.84. The van der Waals surface area contributed by atoms with Gasteiger partial charge in [0.05, 0.1) is 30.5 Å². The Morgan fingerprint density at radius 2 is 1.19 bits per heavy atom. The first-order valence-corrected chi connectivity index (χ1v) is 23.9. The van der Waals surface area contributed by atoms with Gasteiger partial charge in [0.2, 0.25) is 0 Å². The summed E-state index contributed by atoms with van der Waals surface area (Å²) in [5.41, 5.74) is 11.1. The molecule has 57 heavy (non-hydrogen) atoms. The predicted molar refractivity (Wildman–Crippen MR) is 246 cm³/mol. The van der Waals surface area contributed by atoms with Crippen LogP contribution in [0.3, 0.4) is 0 Å². The van der Waals surface area contributed by atoms with Gasteiger partial charge in [0.15, 0.2) is 0 Å². The van der Waals surface area contributed by atoms with Crippen LogP contribution in [0, 0.1) is 0 Å². The molecule has 0 aliphatic carbocycles. The Kier molecular flexibility index (Phi) is 9.23. The summed E-state index contributed by atoms with van der Waals surface area (Å²) in [6.07, 6.45) is 1.93. The third kappa shape index (κ3) is 7.25. The molecule has 3 heterocycles. The molecule has 0 unspecified atom stereocenters. The predicted octanol–water partition coefficient (Wildman–Crippen LogP) is 13.7. The number of nitrogens with zero attached hydrogens (tertiary/aromatic N) is 4. The number of hydrogen-bond donors (Lipinski definition) is 0. The van der Waals surface area contributed by atoms with E-state index in [1.54, 1.807) is 0 Å². The molecular formula is C51H58N4OSi. The average molecular weight is 771 g/mol. The standard InChI is InChI=1S/C51H58N4OSi/c1-49(2,3)34-25-26-52-47(30-34)55-43-20-14-13-19-41(43)42-24-23-40(32-45(42)55)56-39-18-15-17-37(31-39)53-33-54(48-44(53)21-16-22-46(48)57(10,11)12)38-28-35(50(4,5)6)27-36(29-38)51(7,8)9/h13-32H,33H2,1-12H3. The summed E-state index contributed by atoms with van der Waals surface area (Å²) in [5.74, 6) is 2.49. The summed E-state index contributed by atoms with van der Waals surface area (Å²) in [7, 11) is -1.73. The Balaban J connectivity index is 1.20. The van der Waals surface area contributed by atoms with Crippen molar-refractivity contribution in [3.05, 3.63) is 138 Å². The summed E-state index contributed by atoms with van der Waals surface area (Å²) >= 11 is 0. The van der Waals surface area contributed by atoms with E-state index in [1.807, 2.05) is 6.20 Å². The second-order valence-corrected chi connectivity index (χ2v) is 25.0. The normalized spacial score (nSPS) is 13.8. The fourth-order valence-corrected chi connectivity index (χ4v) is 9.68. The van der Waals surface area contributed by atoms with Gasteiger partial charge in [-0.2, -0.15) is 0 Å². The van der Waals surface area contributed by atoms with Crippen LogP contribution in [0.5, 0.6) is 11.5 Å². The summed E-state index contributed by atoms with van der Waals surface area (Å²) in [6.45, 7) is 28.7. The lowest BCUT2D eigenvalue weighted by atomic mass is 9.80. The zero-order valence-electron chi connectivity index (χ0n) is 36.0. The van der Waals surface area contributed by atoms with E-state index in [0.717, 1.165) is 34.0 Å². The number of fused-ring (bicyclic) bond motifs is 4. The van der Waals surface area contributed by atoms with E-state index >= 15 is 0 Å². The quantitative estimate of drug-likeness (QED) is 0.158. The highest BCUT2D eigenvalue weighted by Gasteiger charge is 2.35. The lowest BCUT2D eigenvalue weighted by Crippen LogP contribution is -2.40. The van der Waals surface area contributed by atoms with Crippen molar-refractivity contribution in [2.45, 2.75) is 98.2 Å². The fraction of sp³-hybridized carbons (Fsp3) is 0.314. The van der Waals surface area contributed by atoms with Gasteiger partial charge < -0.3 is 14.5 Å². The van der Waals surface area contributed by atoms with Crippen molar-refractivity contribution in [2.75, 3.05) is 16.5 Å². The topological polar surface area (TPSA) is 33.5 Å². The smallest absolute Gasteiger partial charge is 0.137 e. The molecule has 0 atom stereocenters. The van der Waals surface area contributed by atoms with Crippen LogP contribution >= 0.6 is 0 Å². The molecule has 0 N–H and O–H groups in total. The van der Waals surface area contributed by atoms with Crippen LogP contribution < -0.4 is 19.7 Å². The molecule has 6 heteroatoms. The molecule has 5 nitrogen and oxygen atoms in total. The molecule has 0 amide bonds. The molecule has 0 saturated carbocycles. The highest BCUT2D eigenvalue weighted by molar-refractivity contribution is 6.90. The van der Waals surface area contributed by atoms with E-state index in [0.29, 0.717) is 6.67 Å². The Morgan fingerprint density at radius 1 is 0.544 bits per heavy atom. The Bertz CT molecular complexity index is 2610. The SMILES string of the molecule is CC(C)(C)c1cc(N2CN(c3cccc(Oc4ccc5c6ccccc6n(-c6cc(C(C)(C)C)ccn6)c5c4)c3)c3cccc([Si](C)(C)C)c32)cc(C(C)(C)C)c1. The molecule has 8 rings (SSSR count). The van der Waals surface area contributed by atoms with Crippen LogP contribution in [-0.2, 0) is 16.2 Å². The van der Waals surface area contributed by atoms with Crippen molar-refractivity contribution in [3.63, 3.8) is 0 Å². The molecule has 292 valence electrons. The average Bonchev–Trinajstić information content (AvgIpc) is 3.70. The Hall–Kier alpha value is -5.33. The first kappa shape index (κ1) is 38.5. The minimum atomic E-state index is -1.73. The van der Waals surface area contributed by atoms with E-state index in [-0.39, 0.29) is 16.2 Å². The van der Waals surface area contributed by atoms with E-state index in [4.69, 9.17) is 9.72 Å². The van der Waals surface area contributed by atoms with Gasteiger partial charge in [0.25, 0.3) is 0 Å². The fourth-order valence-electron chi connectivity index (χ4n) is 8.11. The number of anilines is 4. The van der Waals surface area contributed by atoms with Gasteiger partial charge in [-0.3, -0.25) is 4.57 Å². The first-order chi connectivity index (χ1) is 26.8. The third-order valence-electron chi connectivity index (χ3n) is 11.5. The number of hydrogen-bond acceptors (Lipinski definition) is 4. The van der Waals surface area contributed by atoms with Crippen molar-refractivity contribution in [1.82, 2.24) is 9.55 Å². The number of rotatable bonds is 6. The van der Waals surface area contributed by atoms with Crippen molar-refractivity contribution in [1.29, 1.82) is 0 Å². The second kappa shape index (κ2) is 13.7. The summed E-state index contributed by atoms with van der Waals surface area (Å²) < 4.78 is 9.04. The van der Waals surface area contributed by atoms with E-state index in [1.165, 1.54) is 49.7 Å². The van der Waals surface area contributed by atoms with Gasteiger partial charge in [-0.05, 0) is 98.8 Å². The van der Waals surface area contributed by atoms with Crippen LogP contribution in [0.15, 0.2) is 121 Å². The molecular weight excluding hydrogens is 713 g/mol.